The van der Waals surface area contributed by atoms with Gasteiger partial charge in [0.2, 0.25) is 5.91 Å². The predicted molar refractivity (Wildman–Crippen MR) is 88.2 cm³/mol. The zero-order valence-corrected chi connectivity index (χ0v) is 13.4. The second-order valence-corrected chi connectivity index (χ2v) is 5.37. The summed E-state index contributed by atoms with van der Waals surface area (Å²) < 4.78 is 0. The summed E-state index contributed by atoms with van der Waals surface area (Å²) >= 11 is 0. The van der Waals surface area contributed by atoms with Crippen LogP contribution in [0, 0.1) is 12.8 Å². The number of nitrogens with one attached hydrogen (secondary N) is 2. The molecule has 4 N–H and O–H groups in total. The van der Waals surface area contributed by atoms with Crippen LogP contribution in [0.25, 0.3) is 0 Å². The average Bonchev–Trinajstić information content (AvgIpc) is 2.46. The second-order valence-electron chi connectivity index (χ2n) is 5.37. The number of nitrogen functional groups attached to an aromatic ring is 1. The molecule has 0 unspecified atom stereocenters. The summed E-state index contributed by atoms with van der Waals surface area (Å²) in [6.45, 7) is 7.69. The van der Waals surface area contributed by atoms with Gasteiger partial charge in [0.15, 0.2) is 0 Å². The van der Waals surface area contributed by atoms with Crippen LogP contribution in [-0.4, -0.2) is 24.0 Å². The summed E-state index contributed by atoms with van der Waals surface area (Å²) in [6.07, 6.45) is 5.44. The van der Waals surface area contributed by atoms with Gasteiger partial charge < -0.3 is 16.4 Å². The molecule has 0 aromatic carbocycles. The van der Waals surface area contributed by atoms with E-state index in [0.29, 0.717) is 5.69 Å². The van der Waals surface area contributed by atoms with Gasteiger partial charge in [0, 0.05) is 19.0 Å². The highest BCUT2D eigenvalue weighted by molar-refractivity contribution is 5.78. The van der Waals surface area contributed by atoms with E-state index in [2.05, 4.69) is 29.5 Å². The SMILES string of the molecule is CCC(CC)C(=O)NCCCCNc1ncc(N)cc1C. The van der Waals surface area contributed by atoms with E-state index in [4.69, 9.17) is 5.73 Å². The van der Waals surface area contributed by atoms with E-state index in [-0.39, 0.29) is 11.8 Å². The molecule has 0 spiro atoms. The first-order valence-electron chi connectivity index (χ1n) is 7.82. The summed E-state index contributed by atoms with van der Waals surface area (Å²) in [5.41, 5.74) is 7.40. The largest absolute Gasteiger partial charge is 0.397 e. The van der Waals surface area contributed by atoms with E-state index < -0.39 is 0 Å². The number of aryl methyl sites for hydroxylation is 1. The number of hydrogen-bond donors (Lipinski definition) is 3. The van der Waals surface area contributed by atoms with E-state index in [9.17, 15) is 4.79 Å². The first-order valence-corrected chi connectivity index (χ1v) is 7.82. The fraction of sp³-hybridized carbons (Fsp3) is 0.625. The molecular formula is C16H28N4O. The second kappa shape index (κ2) is 9.21. The van der Waals surface area contributed by atoms with Gasteiger partial charge in [-0.3, -0.25) is 4.79 Å². The lowest BCUT2D eigenvalue weighted by molar-refractivity contribution is -0.125. The molecule has 0 bridgehead atoms. The first kappa shape index (κ1) is 17.3. The van der Waals surface area contributed by atoms with E-state index in [1.165, 1.54) is 0 Å². The van der Waals surface area contributed by atoms with Gasteiger partial charge in [-0.2, -0.15) is 0 Å². The smallest absolute Gasteiger partial charge is 0.223 e. The van der Waals surface area contributed by atoms with Gasteiger partial charge in [-0.15, -0.1) is 0 Å². The van der Waals surface area contributed by atoms with Crippen LogP contribution in [0.3, 0.4) is 0 Å². The Hall–Kier alpha value is -1.78. The molecule has 0 aliphatic heterocycles. The molecule has 0 atom stereocenters. The summed E-state index contributed by atoms with van der Waals surface area (Å²) in [6, 6.07) is 1.91. The number of aromatic nitrogens is 1. The molecule has 0 aliphatic rings. The Balaban J connectivity index is 2.16. The number of carbonyl (C=O) groups excluding carboxylic acids is 1. The van der Waals surface area contributed by atoms with Crippen LogP contribution in [0.4, 0.5) is 11.5 Å². The minimum absolute atomic E-state index is 0.157. The van der Waals surface area contributed by atoms with Crippen molar-refractivity contribution in [2.75, 3.05) is 24.1 Å². The van der Waals surface area contributed by atoms with Crippen molar-refractivity contribution in [3.8, 4) is 0 Å². The molecule has 1 amide bonds. The summed E-state index contributed by atoms with van der Waals surface area (Å²) in [7, 11) is 0. The maximum Gasteiger partial charge on any atom is 0.223 e. The standard InChI is InChI=1S/C16H28N4O/c1-4-13(5-2)16(21)19-9-7-6-8-18-15-12(3)10-14(17)11-20-15/h10-11,13H,4-9,17H2,1-3H3,(H,18,20)(H,19,21). The van der Waals surface area contributed by atoms with Gasteiger partial charge in [0.1, 0.15) is 5.82 Å². The molecular weight excluding hydrogens is 264 g/mol. The summed E-state index contributed by atoms with van der Waals surface area (Å²) in [5, 5.41) is 6.30. The number of rotatable bonds is 9. The molecule has 118 valence electrons. The van der Waals surface area contributed by atoms with Crippen molar-refractivity contribution >= 4 is 17.4 Å². The van der Waals surface area contributed by atoms with E-state index in [1.54, 1.807) is 6.20 Å². The Labute approximate surface area is 127 Å². The highest BCUT2D eigenvalue weighted by Crippen LogP contribution is 2.13. The van der Waals surface area contributed by atoms with E-state index in [1.807, 2.05) is 13.0 Å². The van der Waals surface area contributed by atoms with Crippen molar-refractivity contribution < 1.29 is 4.79 Å². The van der Waals surface area contributed by atoms with Crippen LogP contribution in [-0.2, 0) is 4.79 Å². The lowest BCUT2D eigenvalue weighted by atomic mass is 10.0. The van der Waals surface area contributed by atoms with Crippen LogP contribution in [0.15, 0.2) is 12.3 Å². The van der Waals surface area contributed by atoms with Gasteiger partial charge in [0.25, 0.3) is 0 Å². The number of hydrogen-bond acceptors (Lipinski definition) is 4. The molecule has 5 heteroatoms. The quantitative estimate of drug-likeness (QED) is 0.611. The van der Waals surface area contributed by atoms with Crippen LogP contribution >= 0.6 is 0 Å². The Morgan fingerprint density at radius 2 is 1.95 bits per heavy atom. The summed E-state index contributed by atoms with van der Waals surface area (Å²) in [4.78, 5) is 16.1. The third-order valence-electron chi connectivity index (χ3n) is 3.65. The summed E-state index contributed by atoms with van der Waals surface area (Å²) in [5.74, 6) is 1.22. The Bertz CT molecular complexity index is 444. The van der Waals surface area contributed by atoms with Crippen LogP contribution in [0.5, 0.6) is 0 Å². The minimum Gasteiger partial charge on any atom is -0.397 e. The van der Waals surface area contributed by atoms with E-state index in [0.717, 1.165) is 50.2 Å². The van der Waals surface area contributed by atoms with Crippen LogP contribution in [0.1, 0.15) is 45.1 Å². The molecule has 21 heavy (non-hydrogen) atoms. The van der Waals surface area contributed by atoms with Crippen molar-refractivity contribution in [1.82, 2.24) is 10.3 Å². The van der Waals surface area contributed by atoms with Crippen molar-refractivity contribution in [2.45, 2.75) is 46.5 Å². The molecule has 1 heterocycles. The highest BCUT2D eigenvalue weighted by atomic mass is 16.1. The lowest BCUT2D eigenvalue weighted by Crippen LogP contribution is -2.31. The van der Waals surface area contributed by atoms with Gasteiger partial charge in [0.05, 0.1) is 11.9 Å². The Morgan fingerprint density at radius 3 is 2.57 bits per heavy atom. The fourth-order valence-electron chi connectivity index (χ4n) is 2.25. The van der Waals surface area contributed by atoms with Crippen LogP contribution < -0.4 is 16.4 Å². The van der Waals surface area contributed by atoms with Gasteiger partial charge in [-0.25, -0.2) is 4.98 Å². The monoisotopic (exact) mass is 292 g/mol. The maximum absolute atomic E-state index is 11.8. The zero-order chi connectivity index (χ0) is 15.7. The highest BCUT2D eigenvalue weighted by Gasteiger charge is 2.12. The number of anilines is 2. The first-order chi connectivity index (χ1) is 10.1. The number of unbranched alkanes of at least 4 members (excludes halogenated alkanes) is 1. The third kappa shape index (κ3) is 6.02. The van der Waals surface area contributed by atoms with Gasteiger partial charge >= 0.3 is 0 Å². The molecule has 0 fully saturated rings. The Kier molecular flexibility index (Phi) is 7.58. The van der Waals surface area contributed by atoms with Crippen molar-refractivity contribution in [2.24, 2.45) is 5.92 Å². The van der Waals surface area contributed by atoms with E-state index >= 15 is 0 Å². The number of carbonyl (C=O) groups is 1. The third-order valence-corrected chi connectivity index (χ3v) is 3.65. The number of pyridine rings is 1. The fourth-order valence-corrected chi connectivity index (χ4v) is 2.25. The van der Waals surface area contributed by atoms with Crippen LogP contribution in [0.2, 0.25) is 0 Å². The molecule has 1 aromatic rings. The predicted octanol–water partition coefficient (Wildman–Crippen LogP) is 2.72. The molecule has 0 saturated carbocycles. The average molecular weight is 292 g/mol. The van der Waals surface area contributed by atoms with Crippen molar-refractivity contribution in [3.05, 3.63) is 17.8 Å². The topological polar surface area (TPSA) is 80.0 Å². The maximum atomic E-state index is 11.8. The molecule has 5 nitrogen and oxygen atoms in total. The number of amides is 1. The molecule has 1 aromatic heterocycles. The van der Waals surface area contributed by atoms with Crippen molar-refractivity contribution in [1.29, 1.82) is 0 Å². The number of nitrogens with two attached hydrogens (primary N) is 1. The molecule has 1 rings (SSSR count). The van der Waals surface area contributed by atoms with Gasteiger partial charge in [-0.05, 0) is 44.2 Å². The molecule has 0 radical (unpaired) electrons. The molecule has 0 aliphatic carbocycles. The van der Waals surface area contributed by atoms with Crippen molar-refractivity contribution in [3.63, 3.8) is 0 Å². The normalized spacial score (nSPS) is 10.7. The number of nitrogens with zero attached hydrogens (tertiary/aromatic N) is 1. The Morgan fingerprint density at radius 1 is 1.29 bits per heavy atom. The zero-order valence-electron chi connectivity index (χ0n) is 13.4. The van der Waals surface area contributed by atoms with Gasteiger partial charge in [-0.1, -0.05) is 13.8 Å². The lowest BCUT2D eigenvalue weighted by Gasteiger charge is -2.13. The minimum atomic E-state index is 0.157. The molecule has 0 saturated heterocycles.